The Kier molecular flexibility index (Phi) is 5.86. The number of benzene rings is 3. The first-order valence-electron chi connectivity index (χ1n) is 8.76. The highest BCUT2D eigenvalue weighted by Crippen LogP contribution is 2.21. The maximum absolute atomic E-state index is 12.6. The van der Waals surface area contributed by atoms with Crippen molar-refractivity contribution in [1.82, 2.24) is 4.72 Å². The maximum atomic E-state index is 12.6. The minimum atomic E-state index is -3.51. The average molecular weight is 365 g/mol. The Balaban J connectivity index is 1.64. The molecular formula is C22H23NO2S. The fraction of sp³-hybridized carbons (Fsp3) is 0.182. The lowest BCUT2D eigenvalue weighted by Crippen LogP contribution is -2.32. The summed E-state index contributed by atoms with van der Waals surface area (Å²) >= 11 is 0. The second kappa shape index (κ2) is 8.30. The van der Waals surface area contributed by atoms with E-state index in [-0.39, 0.29) is 6.04 Å². The van der Waals surface area contributed by atoms with Crippen LogP contribution in [-0.2, 0) is 16.4 Å². The van der Waals surface area contributed by atoms with Crippen molar-refractivity contribution in [1.29, 1.82) is 0 Å². The second-order valence-electron chi connectivity index (χ2n) is 6.44. The Labute approximate surface area is 155 Å². The summed E-state index contributed by atoms with van der Waals surface area (Å²) in [5.74, 6) is 0. The summed E-state index contributed by atoms with van der Waals surface area (Å²) in [5, 5.41) is 0. The van der Waals surface area contributed by atoms with Gasteiger partial charge in [-0.05, 0) is 48.6 Å². The van der Waals surface area contributed by atoms with Crippen molar-refractivity contribution in [2.75, 3.05) is 0 Å². The normalized spacial score (nSPS) is 12.7. The molecule has 0 aliphatic carbocycles. The largest absolute Gasteiger partial charge is 0.240 e. The first-order chi connectivity index (χ1) is 12.5. The molecule has 26 heavy (non-hydrogen) atoms. The van der Waals surface area contributed by atoms with Gasteiger partial charge in [-0.15, -0.1) is 0 Å². The van der Waals surface area contributed by atoms with Gasteiger partial charge in [0.1, 0.15) is 0 Å². The smallest absolute Gasteiger partial charge is 0.208 e. The van der Waals surface area contributed by atoms with Crippen LogP contribution in [0.4, 0.5) is 0 Å². The summed E-state index contributed by atoms with van der Waals surface area (Å²) in [6, 6.07) is 26.9. The van der Waals surface area contributed by atoms with Crippen molar-refractivity contribution >= 4 is 10.0 Å². The van der Waals surface area contributed by atoms with Crippen LogP contribution in [0.25, 0.3) is 11.1 Å². The van der Waals surface area contributed by atoms with E-state index in [0.717, 1.165) is 24.0 Å². The lowest BCUT2D eigenvalue weighted by atomic mass is 10.1. The van der Waals surface area contributed by atoms with Crippen molar-refractivity contribution in [3.05, 3.63) is 90.5 Å². The molecule has 0 heterocycles. The van der Waals surface area contributed by atoms with Gasteiger partial charge in [-0.3, -0.25) is 0 Å². The van der Waals surface area contributed by atoms with E-state index >= 15 is 0 Å². The molecule has 3 nitrogen and oxygen atoms in total. The molecule has 1 unspecified atom stereocenters. The predicted molar refractivity (Wildman–Crippen MR) is 106 cm³/mol. The summed E-state index contributed by atoms with van der Waals surface area (Å²) in [7, 11) is -3.51. The summed E-state index contributed by atoms with van der Waals surface area (Å²) in [6.07, 6.45) is 1.60. The molecule has 0 aliphatic heterocycles. The van der Waals surface area contributed by atoms with Crippen LogP contribution in [0.3, 0.4) is 0 Å². The summed E-state index contributed by atoms with van der Waals surface area (Å²) < 4.78 is 28.0. The summed E-state index contributed by atoms with van der Waals surface area (Å²) in [5.41, 5.74) is 3.29. The Hall–Kier alpha value is -2.43. The molecule has 1 N–H and O–H groups in total. The van der Waals surface area contributed by atoms with E-state index in [1.54, 1.807) is 12.1 Å². The number of rotatable bonds is 7. The van der Waals surface area contributed by atoms with Gasteiger partial charge >= 0.3 is 0 Å². The van der Waals surface area contributed by atoms with Crippen LogP contribution >= 0.6 is 0 Å². The van der Waals surface area contributed by atoms with Crippen molar-refractivity contribution in [2.45, 2.75) is 30.7 Å². The lowest BCUT2D eigenvalue weighted by molar-refractivity contribution is 0.547. The fourth-order valence-electron chi connectivity index (χ4n) is 2.88. The zero-order valence-corrected chi connectivity index (χ0v) is 15.6. The molecule has 0 saturated carbocycles. The van der Waals surface area contributed by atoms with Crippen LogP contribution in [-0.4, -0.2) is 14.5 Å². The SMILES string of the molecule is CC(CCc1ccccc1)NS(=O)(=O)c1ccc(-c2ccccc2)cc1. The van der Waals surface area contributed by atoms with Crippen molar-refractivity contribution in [3.63, 3.8) is 0 Å². The van der Waals surface area contributed by atoms with Crippen LogP contribution in [0.1, 0.15) is 18.9 Å². The van der Waals surface area contributed by atoms with Gasteiger partial charge in [0.2, 0.25) is 10.0 Å². The first kappa shape index (κ1) is 18.4. The van der Waals surface area contributed by atoms with Crippen LogP contribution in [0.2, 0.25) is 0 Å². The third kappa shape index (κ3) is 4.81. The van der Waals surface area contributed by atoms with Crippen molar-refractivity contribution in [2.24, 2.45) is 0 Å². The molecule has 0 saturated heterocycles. The third-order valence-electron chi connectivity index (χ3n) is 4.34. The van der Waals surface area contributed by atoms with E-state index in [1.165, 1.54) is 5.56 Å². The molecule has 1 atom stereocenters. The maximum Gasteiger partial charge on any atom is 0.240 e. The average Bonchev–Trinajstić information content (AvgIpc) is 2.68. The van der Waals surface area contributed by atoms with E-state index in [4.69, 9.17) is 0 Å². The predicted octanol–water partition coefficient (Wildman–Crippen LogP) is 4.65. The second-order valence-corrected chi connectivity index (χ2v) is 8.15. The minimum absolute atomic E-state index is 0.131. The molecule has 134 valence electrons. The molecule has 0 fully saturated rings. The summed E-state index contributed by atoms with van der Waals surface area (Å²) in [4.78, 5) is 0.295. The molecule has 3 rings (SSSR count). The quantitative estimate of drug-likeness (QED) is 0.662. The monoisotopic (exact) mass is 365 g/mol. The minimum Gasteiger partial charge on any atom is -0.208 e. The van der Waals surface area contributed by atoms with Crippen molar-refractivity contribution < 1.29 is 8.42 Å². The number of aryl methyl sites for hydroxylation is 1. The topological polar surface area (TPSA) is 46.2 Å². The molecular weight excluding hydrogens is 342 g/mol. The van der Waals surface area contributed by atoms with Gasteiger partial charge in [-0.1, -0.05) is 72.8 Å². The number of hydrogen-bond donors (Lipinski definition) is 1. The zero-order valence-electron chi connectivity index (χ0n) is 14.8. The molecule has 0 amide bonds. The van der Waals surface area contributed by atoms with E-state index in [9.17, 15) is 8.42 Å². The van der Waals surface area contributed by atoms with Crippen LogP contribution in [0.5, 0.6) is 0 Å². The van der Waals surface area contributed by atoms with Crippen LogP contribution in [0, 0.1) is 0 Å². The highest BCUT2D eigenvalue weighted by Gasteiger charge is 2.17. The Morgan fingerprint density at radius 3 is 1.92 bits per heavy atom. The van der Waals surface area contributed by atoms with Crippen molar-refractivity contribution in [3.8, 4) is 11.1 Å². The first-order valence-corrected chi connectivity index (χ1v) is 10.2. The highest BCUT2D eigenvalue weighted by atomic mass is 32.2. The highest BCUT2D eigenvalue weighted by molar-refractivity contribution is 7.89. The van der Waals surface area contributed by atoms with E-state index < -0.39 is 10.0 Å². The molecule has 4 heteroatoms. The van der Waals surface area contributed by atoms with E-state index in [1.807, 2.05) is 67.6 Å². The molecule has 0 aliphatic rings. The Bertz CT molecular complexity index is 921. The van der Waals surface area contributed by atoms with Gasteiger partial charge in [0.05, 0.1) is 4.90 Å². The molecule has 0 spiro atoms. The molecule has 0 aromatic heterocycles. The molecule has 3 aromatic carbocycles. The van der Waals surface area contributed by atoms with Gasteiger partial charge in [-0.25, -0.2) is 13.1 Å². The van der Waals surface area contributed by atoms with E-state index in [2.05, 4.69) is 16.9 Å². The van der Waals surface area contributed by atoms with Gasteiger partial charge in [0.15, 0.2) is 0 Å². The van der Waals surface area contributed by atoms with Gasteiger partial charge in [0.25, 0.3) is 0 Å². The Morgan fingerprint density at radius 2 is 1.31 bits per heavy atom. The standard InChI is InChI=1S/C22H23NO2S/c1-18(12-13-19-8-4-2-5-9-19)23-26(24,25)22-16-14-21(15-17-22)20-10-6-3-7-11-20/h2-11,14-18,23H,12-13H2,1H3. The van der Waals surface area contributed by atoms with Gasteiger partial charge in [0, 0.05) is 6.04 Å². The van der Waals surface area contributed by atoms with E-state index in [0.29, 0.717) is 4.90 Å². The Morgan fingerprint density at radius 1 is 0.769 bits per heavy atom. The lowest BCUT2D eigenvalue weighted by Gasteiger charge is -2.14. The molecule has 3 aromatic rings. The molecule has 0 bridgehead atoms. The van der Waals surface area contributed by atoms with Crippen LogP contribution < -0.4 is 4.72 Å². The fourth-order valence-corrected chi connectivity index (χ4v) is 4.15. The molecule has 0 radical (unpaired) electrons. The van der Waals surface area contributed by atoms with Gasteiger partial charge < -0.3 is 0 Å². The van der Waals surface area contributed by atoms with Crippen LogP contribution in [0.15, 0.2) is 89.8 Å². The number of nitrogens with one attached hydrogen (secondary N) is 1. The number of hydrogen-bond acceptors (Lipinski definition) is 2. The van der Waals surface area contributed by atoms with Gasteiger partial charge in [-0.2, -0.15) is 0 Å². The zero-order chi connectivity index (χ0) is 18.4. The number of sulfonamides is 1. The third-order valence-corrected chi connectivity index (χ3v) is 5.94. The summed E-state index contributed by atoms with van der Waals surface area (Å²) in [6.45, 7) is 1.90.